The van der Waals surface area contributed by atoms with Gasteiger partial charge >= 0.3 is 0 Å². The fraction of sp³-hybridized carbons (Fsp3) is 0.154. The van der Waals surface area contributed by atoms with Gasteiger partial charge in [-0.15, -0.1) is 0 Å². The molecule has 0 unspecified atom stereocenters. The molecule has 0 amide bonds. The van der Waals surface area contributed by atoms with Crippen molar-refractivity contribution in [2.75, 3.05) is 6.61 Å². The summed E-state index contributed by atoms with van der Waals surface area (Å²) < 4.78 is 17.3. The highest BCUT2D eigenvalue weighted by Gasteiger charge is 2.19. The van der Waals surface area contributed by atoms with E-state index in [0.29, 0.717) is 32.9 Å². The van der Waals surface area contributed by atoms with Crippen LogP contribution < -0.4 is 14.9 Å². The Morgan fingerprint density at radius 1 is 0.969 bits per heavy atom. The van der Waals surface area contributed by atoms with Gasteiger partial charge in [-0.1, -0.05) is 23.7 Å². The number of benzene rings is 3. The summed E-state index contributed by atoms with van der Waals surface area (Å²) in [4.78, 5) is 25.8. The lowest BCUT2D eigenvalue weighted by molar-refractivity contribution is 0.0920. The summed E-state index contributed by atoms with van der Waals surface area (Å²) in [6.45, 7) is 3.55. The molecule has 4 rings (SSSR count). The van der Waals surface area contributed by atoms with Crippen molar-refractivity contribution >= 4 is 28.4 Å². The van der Waals surface area contributed by atoms with Gasteiger partial charge in [0.25, 0.3) is 0 Å². The van der Waals surface area contributed by atoms with Gasteiger partial charge in [0.1, 0.15) is 11.3 Å². The van der Waals surface area contributed by atoms with Crippen molar-refractivity contribution in [3.05, 3.63) is 93.6 Å². The van der Waals surface area contributed by atoms with Crippen LogP contribution in [0, 0.1) is 0 Å². The van der Waals surface area contributed by atoms with Crippen LogP contribution >= 0.6 is 11.6 Å². The zero-order chi connectivity index (χ0) is 22.7. The van der Waals surface area contributed by atoms with Gasteiger partial charge in [-0.2, -0.15) is 0 Å². The van der Waals surface area contributed by atoms with Gasteiger partial charge < -0.3 is 13.9 Å². The molecule has 6 heteroatoms. The monoisotopic (exact) mass is 448 g/mol. The number of halogens is 1. The molecule has 1 aromatic heterocycles. The maximum Gasteiger partial charge on any atom is 0.235 e. The van der Waals surface area contributed by atoms with E-state index >= 15 is 0 Å². The fourth-order valence-electron chi connectivity index (χ4n) is 3.26. The van der Waals surface area contributed by atoms with Crippen molar-refractivity contribution in [2.45, 2.75) is 20.0 Å². The molecule has 0 fully saturated rings. The maximum atomic E-state index is 13.1. The molecule has 0 aliphatic rings. The standard InChI is InChI=1S/C26H21ClO5/c1-16(2)31-20-13-9-17(10-14-20)22(28)15-30-26-24(29)21-5-3-4-6-23(21)32-25(26)18-7-11-19(27)12-8-18/h3-14,16H,15H2,1-2H3. The lowest BCUT2D eigenvalue weighted by atomic mass is 10.1. The van der Waals surface area contributed by atoms with Crippen molar-refractivity contribution in [1.82, 2.24) is 0 Å². The van der Waals surface area contributed by atoms with Crippen LogP contribution in [0.1, 0.15) is 24.2 Å². The minimum absolute atomic E-state index is 0.0147. The minimum Gasteiger partial charge on any atom is -0.491 e. The SMILES string of the molecule is CC(C)Oc1ccc(C(=O)COc2c(-c3ccc(Cl)cc3)oc3ccccc3c2=O)cc1. The molecule has 3 aromatic carbocycles. The Labute approximate surface area is 190 Å². The molecule has 0 aliphatic heterocycles. The number of rotatable bonds is 7. The van der Waals surface area contributed by atoms with E-state index in [-0.39, 0.29) is 35.4 Å². The largest absolute Gasteiger partial charge is 0.491 e. The van der Waals surface area contributed by atoms with Gasteiger partial charge in [0.15, 0.2) is 18.2 Å². The van der Waals surface area contributed by atoms with Gasteiger partial charge in [0, 0.05) is 16.1 Å². The molecule has 4 aromatic rings. The van der Waals surface area contributed by atoms with E-state index in [0.717, 1.165) is 0 Å². The normalized spacial score (nSPS) is 11.0. The van der Waals surface area contributed by atoms with Crippen LogP contribution in [-0.2, 0) is 0 Å². The molecule has 0 saturated carbocycles. The van der Waals surface area contributed by atoms with Crippen LogP contribution in [0.2, 0.25) is 5.02 Å². The number of hydrogen-bond donors (Lipinski definition) is 0. The Bertz CT molecular complexity index is 1310. The Hall–Kier alpha value is -3.57. The Balaban J connectivity index is 1.65. The van der Waals surface area contributed by atoms with Gasteiger partial charge in [0.05, 0.1) is 11.5 Å². The number of ketones is 1. The van der Waals surface area contributed by atoms with Crippen LogP contribution in [0.25, 0.3) is 22.3 Å². The molecule has 0 N–H and O–H groups in total. The number of ether oxygens (including phenoxy) is 2. The van der Waals surface area contributed by atoms with Gasteiger partial charge in [-0.05, 0) is 74.5 Å². The zero-order valence-electron chi connectivity index (χ0n) is 17.6. The van der Waals surface area contributed by atoms with Gasteiger partial charge in [-0.3, -0.25) is 9.59 Å². The average Bonchev–Trinajstić information content (AvgIpc) is 2.79. The molecular weight excluding hydrogens is 428 g/mol. The summed E-state index contributed by atoms with van der Waals surface area (Å²) in [5.41, 5.74) is 1.17. The third-order valence-corrected chi connectivity index (χ3v) is 5.01. The first kappa shape index (κ1) is 21.7. The second-order valence-electron chi connectivity index (χ2n) is 7.50. The molecule has 0 atom stereocenters. The second-order valence-corrected chi connectivity index (χ2v) is 7.93. The van der Waals surface area contributed by atoms with E-state index in [1.165, 1.54) is 0 Å². The highest BCUT2D eigenvalue weighted by atomic mass is 35.5. The molecule has 0 spiro atoms. The molecular formula is C26H21ClO5. The summed E-state index contributed by atoms with van der Waals surface area (Å²) in [6.07, 6.45) is 0.0401. The third-order valence-electron chi connectivity index (χ3n) is 4.76. The van der Waals surface area contributed by atoms with E-state index in [1.807, 2.05) is 13.8 Å². The predicted octanol–water partition coefficient (Wildman–Crippen LogP) is 6.16. The first-order valence-corrected chi connectivity index (χ1v) is 10.5. The van der Waals surface area contributed by atoms with Crippen LogP contribution in [-0.4, -0.2) is 18.5 Å². The fourth-order valence-corrected chi connectivity index (χ4v) is 3.39. The molecule has 1 heterocycles. The molecule has 0 radical (unpaired) electrons. The molecule has 32 heavy (non-hydrogen) atoms. The van der Waals surface area contributed by atoms with E-state index in [1.54, 1.807) is 72.8 Å². The number of fused-ring (bicyclic) bond motifs is 1. The quantitative estimate of drug-likeness (QED) is 0.317. The average molecular weight is 449 g/mol. The minimum atomic E-state index is -0.342. The Morgan fingerprint density at radius 3 is 2.34 bits per heavy atom. The van der Waals surface area contributed by atoms with Gasteiger partial charge in [-0.25, -0.2) is 0 Å². The number of para-hydroxylation sites is 1. The van der Waals surface area contributed by atoms with Crippen molar-refractivity contribution in [3.63, 3.8) is 0 Å². The number of carbonyl (C=O) groups excluding carboxylic acids is 1. The van der Waals surface area contributed by atoms with Crippen molar-refractivity contribution in [2.24, 2.45) is 0 Å². The van der Waals surface area contributed by atoms with Crippen molar-refractivity contribution < 1.29 is 18.7 Å². The van der Waals surface area contributed by atoms with Crippen molar-refractivity contribution in [1.29, 1.82) is 0 Å². The predicted molar refractivity (Wildman–Crippen MR) is 125 cm³/mol. The highest BCUT2D eigenvalue weighted by molar-refractivity contribution is 6.30. The number of hydrogen-bond acceptors (Lipinski definition) is 5. The Morgan fingerprint density at radius 2 is 1.66 bits per heavy atom. The number of Topliss-reactive ketones (excluding diaryl/α,β-unsaturated/α-hetero) is 1. The van der Waals surface area contributed by atoms with Crippen molar-refractivity contribution in [3.8, 4) is 22.8 Å². The molecule has 0 bridgehead atoms. The second kappa shape index (κ2) is 9.28. The summed E-state index contributed by atoms with van der Waals surface area (Å²) in [7, 11) is 0. The molecule has 162 valence electrons. The molecule has 0 aliphatic carbocycles. The maximum absolute atomic E-state index is 13.1. The zero-order valence-corrected chi connectivity index (χ0v) is 18.4. The first-order valence-electron chi connectivity index (χ1n) is 10.2. The van der Waals surface area contributed by atoms with Crippen LogP contribution in [0.15, 0.2) is 82.0 Å². The summed E-state index contributed by atoms with van der Waals surface area (Å²) in [6, 6.07) is 20.6. The van der Waals surface area contributed by atoms with Gasteiger partial charge in [0.2, 0.25) is 11.2 Å². The van der Waals surface area contributed by atoms with E-state index in [4.69, 9.17) is 25.5 Å². The summed E-state index contributed by atoms with van der Waals surface area (Å²) >= 11 is 6.00. The smallest absolute Gasteiger partial charge is 0.235 e. The molecule has 0 saturated heterocycles. The third kappa shape index (κ3) is 4.68. The van der Waals surface area contributed by atoms with E-state index in [9.17, 15) is 9.59 Å². The first-order chi connectivity index (χ1) is 15.4. The topological polar surface area (TPSA) is 65.7 Å². The lowest BCUT2D eigenvalue weighted by Gasteiger charge is -2.12. The highest BCUT2D eigenvalue weighted by Crippen LogP contribution is 2.31. The Kier molecular flexibility index (Phi) is 6.28. The molecule has 5 nitrogen and oxygen atoms in total. The summed E-state index contributed by atoms with van der Waals surface area (Å²) in [5.74, 6) is 0.645. The summed E-state index contributed by atoms with van der Waals surface area (Å²) in [5, 5.41) is 0.933. The van der Waals surface area contributed by atoms with E-state index in [2.05, 4.69) is 0 Å². The van der Waals surface area contributed by atoms with Crippen LogP contribution in [0.4, 0.5) is 0 Å². The van der Waals surface area contributed by atoms with Crippen LogP contribution in [0.5, 0.6) is 11.5 Å². The lowest BCUT2D eigenvalue weighted by Crippen LogP contribution is -2.17. The number of carbonyl (C=O) groups is 1. The van der Waals surface area contributed by atoms with E-state index < -0.39 is 0 Å². The van der Waals surface area contributed by atoms with Crippen LogP contribution in [0.3, 0.4) is 0 Å².